The van der Waals surface area contributed by atoms with Gasteiger partial charge in [0.05, 0.1) is 11.6 Å². The third-order valence-electron chi connectivity index (χ3n) is 4.73. The molecule has 1 aliphatic heterocycles. The quantitative estimate of drug-likeness (QED) is 0.766. The predicted octanol–water partition coefficient (Wildman–Crippen LogP) is 2.21. The molecule has 6 nitrogen and oxygen atoms in total. The van der Waals surface area contributed by atoms with Gasteiger partial charge in [0.25, 0.3) is 0 Å². The maximum absolute atomic E-state index is 14.4. The molecule has 0 saturated carbocycles. The normalized spacial score (nSPS) is 20.3. The van der Waals surface area contributed by atoms with Gasteiger partial charge in [0, 0.05) is 32.3 Å². The number of piperidine rings is 1. The molecule has 1 aliphatic rings. The largest absolute Gasteiger partial charge is 0.406 e. The van der Waals surface area contributed by atoms with Gasteiger partial charge in [-0.2, -0.15) is 13.2 Å². The number of imidazole rings is 1. The summed E-state index contributed by atoms with van der Waals surface area (Å²) in [7, 11) is 0.967. The molecule has 2 atom stereocenters. The van der Waals surface area contributed by atoms with Crippen LogP contribution in [0.4, 0.5) is 32.3 Å². The second-order valence-corrected chi connectivity index (χ2v) is 7.03. The molecule has 0 bridgehead atoms. The Balaban J connectivity index is 2.00. The zero-order valence-corrected chi connectivity index (χ0v) is 15.4. The number of aromatic nitrogens is 2. The third kappa shape index (κ3) is 4.57. The van der Waals surface area contributed by atoms with E-state index in [1.807, 2.05) is 0 Å². The van der Waals surface area contributed by atoms with Crippen LogP contribution in [0, 0.1) is 11.6 Å². The van der Waals surface area contributed by atoms with Crippen LogP contribution in [-0.4, -0.2) is 65.4 Å². The zero-order chi connectivity index (χ0) is 21.5. The number of carbonyl (C=O) groups is 1. The van der Waals surface area contributed by atoms with Crippen LogP contribution in [0.25, 0.3) is 11.0 Å². The zero-order valence-electron chi connectivity index (χ0n) is 15.4. The number of nitrogens with two attached hydrogens (primary N) is 1. The molecule has 1 aromatic heterocycles. The number of nitrogens with zero attached hydrogens (tertiary/aromatic N) is 4. The number of benzene rings is 1. The van der Waals surface area contributed by atoms with Crippen molar-refractivity contribution >= 4 is 22.9 Å². The summed E-state index contributed by atoms with van der Waals surface area (Å²) in [5.74, 6) is -2.85. The number of carbonyl (C=O) groups excluding carboxylic acids is 1. The van der Waals surface area contributed by atoms with Crippen molar-refractivity contribution in [3.63, 3.8) is 0 Å². The van der Waals surface area contributed by atoms with Gasteiger partial charge < -0.3 is 15.5 Å². The smallest absolute Gasteiger partial charge is 0.340 e. The fourth-order valence-electron chi connectivity index (χ4n) is 3.31. The van der Waals surface area contributed by atoms with E-state index in [4.69, 9.17) is 5.73 Å². The van der Waals surface area contributed by atoms with Crippen LogP contribution in [0.3, 0.4) is 0 Å². The molecule has 1 fully saturated rings. The van der Waals surface area contributed by atoms with Crippen molar-refractivity contribution < 1.29 is 31.1 Å². The molecule has 1 amide bonds. The first-order chi connectivity index (χ1) is 13.5. The molecule has 12 heteroatoms. The van der Waals surface area contributed by atoms with Gasteiger partial charge >= 0.3 is 6.18 Å². The molecule has 2 N–H and O–H groups in total. The minimum atomic E-state index is -4.60. The minimum Gasteiger partial charge on any atom is -0.340 e. The molecule has 2 heterocycles. The van der Waals surface area contributed by atoms with Crippen LogP contribution < -0.4 is 10.6 Å². The summed E-state index contributed by atoms with van der Waals surface area (Å²) in [6.07, 6.45) is -5.80. The Kier molecular flexibility index (Phi) is 5.65. The van der Waals surface area contributed by atoms with Crippen molar-refractivity contribution in [3.8, 4) is 0 Å². The van der Waals surface area contributed by atoms with Crippen molar-refractivity contribution in [3.05, 3.63) is 23.8 Å². The van der Waals surface area contributed by atoms with Gasteiger partial charge in [-0.1, -0.05) is 0 Å². The second-order valence-electron chi connectivity index (χ2n) is 7.03. The lowest BCUT2D eigenvalue weighted by molar-refractivity contribution is -0.158. The molecule has 1 saturated heterocycles. The van der Waals surface area contributed by atoms with Gasteiger partial charge in [-0.15, -0.1) is 0 Å². The maximum Gasteiger partial charge on any atom is 0.406 e. The van der Waals surface area contributed by atoms with E-state index in [0.29, 0.717) is 11.0 Å². The van der Waals surface area contributed by atoms with Crippen molar-refractivity contribution in [2.24, 2.45) is 5.73 Å². The highest BCUT2D eigenvalue weighted by atomic mass is 19.4. The van der Waals surface area contributed by atoms with Crippen LogP contribution in [0.2, 0.25) is 0 Å². The number of anilines is 1. The van der Waals surface area contributed by atoms with Crippen LogP contribution in [0.1, 0.15) is 6.42 Å². The van der Waals surface area contributed by atoms with Gasteiger partial charge in [-0.25, -0.2) is 18.2 Å². The van der Waals surface area contributed by atoms with E-state index in [1.54, 1.807) is 0 Å². The summed E-state index contributed by atoms with van der Waals surface area (Å²) in [5, 5.41) is 0. The summed E-state index contributed by atoms with van der Waals surface area (Å²) in [4.78, 5) is 18.4. The highest BCUT2D eigenvalue weighted by Gasteiger charge is 2.33. The van der Waals surface area contributed by atoms with E-state index in [1.165, 1.54) is 4.90 Å². The van der Waals surface area contributed by atoms with Crippen LogP contribution in [0.5, 0.6) is 0 Å². The number of rotatable bonds is 4. The Morgan fingerprint density at radius 1 is 1.34 bits per heavy atom. The number of halogens is 6. The summed E-state index contributed by atoms with van der Waals surface area (Å²) in [5.41, 5.74) is 5.39. The highest BCUT2D eigenvalue weighted by molar-refractivity contribution is 5.84. The summed E-state index contributed by atoms with van der Waals surface area (Å²) < 4.78 is 80.6. The highest BCUT2D eigenvalue weighted by Crippen LogP contribution is 2.28. The molecule has 160 valence electrons. The SMILES string of the molecule is CN(CC(F)(F)F)C(=O)Cn1c(N2CC[C@@H](F)[C@H](N)C2)nc2cc(F)cc(F)c21. The lowest BCUT2D eigenvalue weighted by atomic mass is 10.1. The van der Waals surface area contributed by atoms with Crippen molar-refractivity contribution in [2.45, 2.75) is 31.4 Å². The minimum absolute atomic E-state index is 0.00116. The lowest BCUT2D eigenvalue weighted by Crippen LogP contribution is -2.50. The van der Waals surface area contributed by atoms with E-state index in [-0.39, 0.29) is 36.5 Å². The van der Waals surface area contributed by atoms with Crippen molar-refractivity contribution in [2.75, 3.05) is 31.6 Å². The maximum atomic E-state index is 14.4. The number of hydrogen-bond donors (Lipinski definition) is 1. The Bertz CT molecular complexity index is 914. The Labute approximate surface area is 161 Å². The number of amides is 1. The first-order valence-corrected chi connectivity index (χ1v) is 8.77. The van der Waals surface area contributed by atoms with Crippen LogP contribution in [0.15, 0.2) is 12.1 Å². The Morgan fingerprint density at radius 3 is 2.66 bits per heavy atom. The number of likely N-dealkylation sites (N-methyl/N-ethyl adjacent to an activating group) is 1. The van der Waals surface area contributed by atoms with E-state index < -0.39 is 49.0 Å². The van der Waals surface area contributed by atoms with Gasteiger partial charge in [-0.05, 0) is 6.42 Å². The Hall–Kier alpha value is -2.50. The van der Waals surface area contributed by atoms with Gasteiger partial charge in [0.1, 0.15) is 30.6 Å². The van der Waals surface area contributed by atoms with E-state index in [2.05, 4.69) is 4.98 Å². The average molecular weight is 423 g/mol. The monoisotopic (exact) mass is 423 g/mol. The molecule has 1 aromatic carbocycles. The van der Waals surface area contributed by atoms with Crippen molar-refractivity contribution in [1.82, 2.24) is 14.5 Å². The number of hydrogen-bond acceptors (Lipinski definition) is 4. The van der Waals surface area contributed by atoms with Gasteiger partial charge in [0.15, 0.2) is 5.82 Å². The second kappa shape index (κ2) is 7.73. The van der Waals surface area contributed by atoms with E-state index in [9.17, 15) is 31.1 Å². The van der Waals surface area contributed by atoms with Gasteiger partial charge in [-0.3, -0.25) is 9.36 Å². The first kappa shape index (κ1) is 21.2. The molecular weight excluding hydrogens is 404 g/mol. The molecule has 0 unspecified atom stereocenters. The number of alkyl halides is 4. The number of fused-ring (bicyclic) bond motifs is 1. The van der Waals surface area contributed by atoms with Crippen LogP contribution >= 0.6 is 0 Å². The lowest BCUT2D eigenvalue weighted by Gasteiger charge is -2.34. The molecule has 3 rings (SSSR count). The Morgan fingerprint density at radius 2 is 2.03 bits per heavy atom. The first-order valence-electron chi connectivity index (χ1n) is 8.77. The molecule has 0 radical (unpaired) electrons. The molecule has 29 heavy (non-hydrogen) atoms. The third-order valence-corrected chi connectivity index (χ3v) is 4.73. The fourth-order valence-corrected chi connectivity index (χ4v) is 3.31. The molecular formula is C17H19F6N5O. The van der Waals surface area contributed by atoms with Crippen molar-refractivity contribution in [1.29, 1.82) is 0 Å². The molecule has 2 aromatic rings. The van der Waals surface area contributed by atoms with E-state index in [0.717, 1.165) is 17.7 Å². The van der Waals surface area contributed by atoms with Crippen LogP contribution in [-0.2, 0) is 11.3 Å². The standard InChI is InChI=1S/C17H19F6N5O/c1-26(8-17(21,22)23)14(29)7-28-15-11(20)4-9(18)5-13(15)25-16(28)27-3-2-10(19)12(24)6-27/h4-5,10,12H,2-3,6-8,24H2,1H3/t10-,12-/m1/s1. The molecule has 0 aliphatic carbocycles. The summed E-state index contributed by atoms with van der Waals surface area (Å²) in [6.45, 7) is -2.00. The topological polar surface area (TPSA) is 67.4 Å². The fraction of sp³-hybridized carbons (Fsp3) is 0.529. The molecule has 0 spiro atoms. The van der Waals surface area contributed by atoms with E-state index >= 15 is 0 Å². The summed E-state index contributed by atoms with van der Waals surface area (Å²) in [6, 6.07) is 0.680. The van der Waals surface area contributed by atoms with Gasteiger partial charge in [0.2, 0.25) is 11.9 Å². The predicted molar refractivity (Wildman–Crippen MR) is 93.0 cm³/mol. The average Bonchev–Trinajstić information content (AvgIpc) is 2.94. The summed E-state index contributed by atoms with van der Waals surface area (Å²) >= 11 is 0.